The van der Waals surface area contributed by atoms with Gasteiger partial charge in [0, 0.05) is 12.6 Å². The van der Waals surface area contributed by atoms with E-state index in [4.69, 9.17) is 0 Å². The highest BCUT2D eigenvalue weighted by Gasteiger charge is 2.21. The molecule has 0 spiro atoms. The van der Waals surface area contributed by atoms with Crippen LogP contribution in [0.5, 0.6) is 0 Å². The maximum absolute atomic E-state index is 14.9. The SMILES string of the molecule is CNC[C@@H](Cc1ccccc1)NC(=O)c1cccc(F)c1-c1cc(-c2ccc(F)cc2)[nH]n1. The van der Waals surface area contributed by atoms with Crippen LogP contribution in [0.1, 0.15) is 15.9 Å². The summed E-state index contributed by atoms with van der Waals surface area (Å²) in [5.74, 6) is -1.28. The number of halogens is 2. The molecule has 0 saturated heterocycles. The lowest BCUT2D eigenvalue weighted by molar-refractivity contribution is 0.0937. The van der Waals surface area contributed by atoms with E-state index >= 15 is 0 Å². The number of nitrogens with zero attached hydrogens (tertiary/aromatic N) is 1. The third-order valence-corrected chi connectivity index (χ3v) is 5.36. The van der Waals surface area contributed by atoms with Gasteiger partial charge in [0.2, 0.25) is 0 Å². The molecule has 0 unspecified atom stereocenters. The molecule has 5 nitrogen and oxygen atoms in total. The van der Waals surface area contributed by atoms with Gasteiger partial charge in [0.1, 0.15) is 11.6 Å². The van der Waals surface area contributed by atoms with Crippen LogP contribution in [0, 0.1) is 11.6 Å². The van der Waals surface area contributed by atoms with Crippen molar-refractivity contribution in [2.24, 2.45) is 0 Å². The Morgan fingerprint density at radius 2 is 1.76 bits per heavy atom. The summed E-state index contributed by atoms with van der Waals surface area (Å²) in [6.07, 6.45) is 0.634. The van der Waals surface area contributed by atoms with Crippen LogP contribution in [0.2, 0.25) is 0 Å². The molecule has 4 aromatic rings. The fraction of sp³-hybridized carbons (Fsp3) is 0.154. The van der Waals surface area contributed by atoms with E-state index in [2.05, 4.69) is 20.8 Å². The van der Waals surface area contributed by atoms with Gasteiger partial charge in [-0.25, -0.2) is 8.78 Å². The molecule has 3 aromatic carbocycles. The van der Waals surface area contributed by atoms with Gasteiger partial charge >= 0.3 is 0 Å². The fourth-order valence-corrected chi connectivity index (χ4v) is 3.78. The summed E-state index contributed by atoms with van der Waals surface area (Å²) in [5.41, 5.74) is 2.99. The van der Waals surface area contributed by atoms with E-state index in [1.54, 1.807) is 24.3 Å². The van der Waals surface area contributed by atoms with E-state index in [9.17, 15) is 13.6 Å². The van der Waals surface area contributed by atoms with Crippen molar-refractivity contribution in [1.82, 2.24) is 20.8 Å². The third-order valence-electron chi connectivity index (χ3n) is 5.36. The maximum Gasteiger partial charge on any atom is 0.252 e. The zero-order chi connectivity index (χ0) is 23.2. The minimum absolute atomic E-state index is 0.113. The van der Waals surface area contributed by atoms with Crippen LogP contribution in [-0.2, 0) is 6.42 Å². The van der Waals surface area contributed by atoms with E-state index < -0.39 is 5.82 Å². The fourth-order valence-electron chi connectivity index (χ4n) is 3.78. The van der Waals surface area contributed by atoms with Crippen molar-refractivity contribution in [1.29, 1.82) is 0 Å². The largest absolute Gasteiger partial charge is 0.348 e. The van der Waals surface area contributed by atoms with E-state index in [0.717, 1.165) is 5.56 Å². The Kier molecular flexibility index (Phi) is 6.90. The monoisotopic (exact) mass is 446 g/mol. The molecule has 1 aromatic heterocycles. The maximum atomic E-state index is 14.9. The average molecular weight is 447 g/mol. The lowest BCUT2D eigenvalue weighted by Gasteiger charge is -2.19. The Bertz CT molecular complexity index is 1220. The van der Waals surface area contributed by atoms with E-state index in [-0.39, 0.29) is 28.9 Å². The highest BCUT2D eigenvalue weighted by atomic mass is 19.1. The standard InChI is InChI=1S/C26H24F2N4O/c1-29-16-20(14-17-6-3-2-4-7-17)30-26(33)21-8-5-9-22(28)25(21)24-15-23(31-32-24)18-10-12-19(27)13-11-18/h2-13,15,20,29H,14,16H2,1H3,(H,30,33)(H,31,32)/t20-/m1/s1. The summed E-state index contributed by atoms with van der Waals surface area (Å²) < 4.78 is 28.1. The molecular formula is C26H24F2N4O. The number of amides is 1. The molecular weight excluding hydrogens is 422 g/mol. The van der Waals surface area contributed by atoms with Crippen molar-refractivity contribution in [3.8, 4) is 22.5 Å². The quantitative estimate of drug-likeness (QED) is 0.371. The van der Waals surface area contributed by atoms with Gasteiger partial charge in [0.15, 0.2) is 0 Å². The number of aromatic nitrogens is 2. The van der Waals surface area contributed by atoms with Crippen molar-refractivity contribution in [3.05, 3.63) is 102 Å². The molecule has 4 rings (SSSR count). The van der Waals surface area contributed by atoms with Crippen LogP contribution < -0.4 is 10.6 Å². The molecule has 0 bridgehead atoms. The number of benzene rings is 3. The Balaban J connectivity index is 1.61. The Hall–Kier alpha value is -3.84. The van der Waals surface area contributed by atoms with Crippen molar-refractivity contribution in [3.63, 3.8) is 0 Å². The van der Waals surface area contributed by atoms with Crippen molar-refractivity contribution < 1.29 is 13.6 Å². The van der Waals surface area contributed by atoms with Gasteiger partial charge in [-0.05, 0) is 67.1 Å². The molecule has 168 valence electrons. The summed E-state index contributed by atoms with van der Waals surface area (Å²) in [5, 5.41) is 13.2. The third kappa shape index (κ3) is 5.32. The number of carbonyl (C=O) groups is 1. The number of H-pyrrole nitrogens is 1. The van der Waals surface area contributed by atoms with Gasteiger partial charge < -0.3 is 10.6 Å². The number of likely N-dealkylation sites (N-methyl/N-ethyl adjacent to an activating group) is 1. The molecule has 3 N–H and O–H groups in total. The Morgan fingerprint density at radius 1 is 1.00 bits per heavy atom. The first-order chi connectivity index (χ1) is 16.0. The first kappa shape index (κ1) is 22.4. The number of aromatic amines is 1. The summed E-state index contributed by atoms with van der Waals surface area (Å²) in [4.78, 5) is 13.2. The normalized spacial score (nSPS) is 11.8. The average Bonchev–Trinajstić information content (AvgIpc) is 3.30. The van der Waals surface area contributed by atoms with Crippen molar-refractivity contribution >= 4 is 5.91 Å². The molecule has 0 aliphatic heterocycles. The van der Waals surface area contributed by atoms with Gasteiger partial charge in [-0.3, -0.25) is 9.89 Å². The molecule has 0 aliphatic carbocycles. The molecule has 0 aliphatic rings. The summed E-state index contributed by atoms with van der Waals surface area (Å²) in [7, 11) is 1.82. The van der Waals surface area contributed by atoms with Crippen molar-refractivity contribution in [2.45, 2.75) is 12.5 Å². The van der Waals surface area contributed by atoms with Crippen molar-refractivity contribution in [2.75, 3.05) is 13.6 Å². The predicted molar refractivity (Wildman–Crippen MR) is 125 cm³/mol. The zero-order valence-electron chi connectivity index (χ0n) is 18.1. The highest BCUT2D eigenvalue weighted by molar-refractivity contribution is 6.01. The second kappa shape index (κ2) is 10.2. The van der Waals surface area contributed by atoms with E-state index in [1.807, 2.05) is 37.4 Å². The molecule has 1 atom stereocenters. The summed E-state index contributed by atoms with van der Waals surface area (Å²) in [6, 6.07) is 21.6. The van der Waals surface area contributed by atoms with Gasteiger partial charge in [0.05, 0.1) is 22.5 Å². The highest BCUT2D eigenvalue weighted by Crippen LogP contribution is 2.29. The topological polar surface area (TPSA) is 69.8 Å². The number of hydrogen-bond donors (Lipinski definition) is 3. The van der Waals surface area contributed by atoms with Crippen LogP contribution >= 0.6 is 0 Å². The summed E-state index contributed by atoms with van der Waals surface area (Å²) in [6.45, 7) is 0.558. The number of rotatable bonds is 8. The van der Waals surface area contributed by atoms with E-state index in [1.165, 1.54) is 24.3 Å². The second-order valence-corrected chi connectivity index (χ2v) is 7.75. The van der Waals surface area contributed by atoms with Crippen LogP contribution in [0.4, 0.5) is 8.78 Å². The molecule has 0 fully saturated rings. The lowest BCUT2D eigenvalue weighted by atomic mass is 10.0. The summed E-state index contributed by atoms with van der Waals surface area (Å²) >= 11 is 0. The van der Waals surface area contributed by atoms with Crippen LogP contribution in [0.3, 0.4) is 0 Å². The van der Waals surface area contributed by atoms with Gasteiger partial charge in [-0.1, -0.05) is 36.4 Å². The number of hydrogen-bond acceptors (Lipinski definition) is 3. The molecule has 1 amide bonds. The molecule has 1 heterocycles. The lowest BCUT2D eigenvalue weighted by Crippen LogP contribution is -2.42. The minimum Gasteiger partial charge on any atom is -0.348 e. The molecule has 0 radical (unpaired) electrons. The van der Waals surface area contributed by atoms with Gasteiger partial charge in [-0.2, -0.15) is 5.10 Å². The Labute approximate surface area is 190 Å². The van der Waals surface area contributed by atoms with Gasteiger partial charge in [0.25, 0.3) is 5.91 Å². The predicted octanol–water partition coefficient (Wildman–Crippen LogP) is 4.58. The van der Waals surface area contributed by atoms with Crippen LogP contribution in [-0.4, -0.2) is 35.7 Å². The minimum atomic E-state index is -0.548. The van der Waals surface area contributed by atoms with Gasteiger partial charge in [-0.15, -0.1) is 0 Å². The molecule has 33 heavy (non-hydrogen) atoms. The number of nitrogens with one attached hydrogen (secondary N) is 3. The number of carbonyl (C=O) groups excluding carboxylic acids is 1. The first-order valence-electron chi connectivity index (χ1n) is 10.6. The first-order valence-corrected chi connectivity index (χ1v) is 10.6. The smallest absolute Gasteiger partial charge is 0.252 e. The molecule has 7 heteroatoms. The molecule has 0 saturated carbocycles. The van der Waals surface area contributed by atoms with E-state index in [0.29, 0.717) is 29.9 Å². The zero-order valence-corrected chi connectivity index (χ0v) is 18.1. The van der Waals surface area contributed by atoms with Crippen LogP contribution in [0.25, 0.3) is 22.5 Å². The second-order valence-electron chi connectivity index (χ2n) is 7.75. The van der Waals surface area contributed by atoms with Crippen LogP contribution in [0.15, 0.2) is 78.9 Å². The Morgan fingerprint density at radius 3 is 2.48 bits per heavy atom.